The van der Waals surface area contributed by atoms with Gasteiger partial charge in [-0.2, -0.15) is 0 Å². The van der Waals surface area contributed by atoms with E-state index in [2.05, 4.69) is 15.5 Å². The van der Waals surface area contributed by atoms with Gasteiger partial charge in [-0.05, 0) is 24.6 Å². The maximum Gasteiger partial charge on any atom is 0.231 e. The number of nitrogens with one attached hydrogen (secondary N) is 1. The lowest BCUT2D eigenvalue weighted by Gasteiger charge is -2.11. The number of nitrogens with zero attached hydrogens (tertiary/aromatic N) is 3. The Morgan fingerprint density at radius 2 is 1.96 bits per heavy atom. The maximum atomic E-state index is 11.9. The first-order valence-corrected chi connectivity index (χ1v) is 10.00. The number of amides is 1. The van der Waals surface area contributed by atoms with E-state index in [1.165, 1.54) is 11.8 Å². The Morgan fingerprint density at radius 1 is 1.14 bits per heavy atom. The number of carbonyl (C=O) groups excluding carboxylic acids is 1. The minimum absolute atomic E-state index is 0.0219. The molecule has 0 aliphatic carbocycles. The van der Waals surface area contributed by atoms with Gasteiger partial charge in [-0.25, -0.2) is 0 Å². The van der Waals surface area contributed by atoms with E-state index in [0.717, 1.165) is 28.5 Å². The first-order valence-electron chi connectivity index (χ1n) is 9.01. The van der Waals surface area contributed by atoms with Crippen LogP contribution >= 0.6 is 11.8 Å². The van der Waals surface area contributed by atoms with E-state index in [4.69, 9.17) is 9.47 Å². The molecule has 0 radical (unpaired) electrons. The SMILES string of the molecule is CCNC(=O)CSc1nnc(-c2ccccc2)n1Cc1ccc2c(c1)OCO2. The fourth-order valence-corrected chi connectivity index (χ4v) is 3.71. The molecule has 1 aliphatic rings. The Morgan fingerprint density at radius 3 is 2.79 bits per heavy atom. The second-order valence-corrected chi connectivity index (χ2v) is 7.13. The van der Waals surface area contributed by atoms with Crippen LogP contribution in [-0.2, 0) is 11.3 Å². The lowest BCUT2D eigenvalue weighted by atomic mass is 10.2. The molecule has 2 heterocycles. The molecule has 1 amide bonds. The average Bonchev–Trinajstić information content (AvgIpc) is 3.34. The largest absolute Gasteiger partial charge is 0.454 e. The average molecular weight is 396 g/mol. The third kappa shape index (κ3) is 3.96. The Hall–Kier alpha value is -3.00. The van der Waals surface area contributed by atoms with E-state index in [0.29, 0.717) is 24.0 Å². The van der Waals surface area contributed by atoms with E-state index in [-0.39, 0.29) is 12.7 Å². The van der Waals surface area contributed by atoms with Gasteiger partial charge in [0.15, 0.2) is 22.5 Å². The molecule has 2 aromatic carbocycles. The Bertz CT molecular complexity index is 975. The summed E-state index contributed by atoms with van der Waals surface area (Å²) in [6, 6.07) is 15.8. The van der Waals surface area contributed by atoms with Crippen LogP contribution in [0.3, 0.4) is 0 Å². The number of hydrogen-bond acceptors (Lipinski definition) is 6. The molecule has 1 aliphatic heterocycles. The van der Waals surface area contributed by atoms with E-state index in [1.807, 2.05) is 60.0 Å². The van der Waals surface area contributed by atoms with E-state index in [9.17, 15) is 4.79 Å². The van der Waals surface area contributed by atoms with Crippen LogP contribution < -0.4 is 14.8 Å². The molecule has 0 atom stereocenters. The molecule has 8 heteroatoms. The molecule has 0 unspecified atom stereocenters. The monoisotopic (exact) mass is 396 g/mol. The van der Waals surface area contributed by atoms with Crippen molar-refractivity contribution in [3.63, 3.8) is 0 Å². The third-order valence-electron chi connectivity index (χ3n) is 4.23. The van der Waals surface area contributed by atoms with Crippen LogP contribution in [0.5, 0.6) is 11.5 Å². The van der Waals surface area contributed by atoms with Crippen molar-refractivity contribution in [2.75, 3.05) is 19.1 Å². The number of benzene rings is 2. The van der Waals surface area contributed by atoms with Crippen LogP contribution in [0.4, 0.5) is 0 Å². The van der Waals surface area contributed by atoms with Gasteiger partial charge in [-0.3, -0.25) is 9.36 Å². The van der Waals surface area contributed by atoms with Gasteiger partial charge >= 0.3 is 0 Å². The standard InChI is InChI=1S/C20H20N4O3S/c1-2-21-18(25)12-28-20-23-22-19(15-6-4-3-5-7-15)24(20)11-14-8-9-16-17(10-14)27-13-26-16/h3-10H,2,11-13H2,1H3,(H,21,25). The van der Waals surface area contributed by atoms with Crippen molar-refractivity contribution >= 4 is 17.7 Å². The van der Waals surface area contributed by atoms with Crippen LogP contribution in [-0.4, -0.2) is 39.8 Å². The van der Waals surface area contributed by atoms with Crippen LogP contribution in [0, 0.1) is 0 Å². The van der Waals surface area contributed by atoms with Crippen molar-refractivity contribution in [1.29, 1.82) is 0 Å². The number of hydrogen-bond donors (Lipinski definition) is 1. The predicted molar refractivity (Wildman–Crippen MR) is 107 cm³/mol. The maximum absolute atomic E-state index is 11.9. The molecular formula is C20H20N4O3S. The van der Waals surface area contributed by atoms with Crippen molar-refractivity contribution in [2.45, 2.75) is 18.6 Å². The smallest absolute Gasteiger partial charge is 0.231 e. The van der Waals surface area contributed by atoms with Crippen molar-refractivity contribution in [3.8, 4) is 22.9 Å². The van der Waals surface area contributed by atoms with E-state index < -0.39 is 0 Å². The van der Waals surface area contributed by atoms with Gasteiger partial charge < -0.3 is 14.8 Å². The van der Waals surface area contributed by atoms with Crippen LogP contribution in [0.25, 0.3) is 11.4 Å². The number of rotatable bonds is 7. The number of ether oxygens (including phenoxy) is 2. The Balaban J connectivity index is 1.64. The summed E-state index contributed by atoms with van der Waals surface area (Å²) in [5.41, 5.74) is 2.02. The first-order chi connectivity index (χ1) is 13.7. The Kier molecular flexibility index (Phi) is 5.48. The van der Waals surface area contributed by atoms with Crippen LogP contribution in [0.2, 0.25) is 0 Å². The molecular weight excluding hydrogens is 376 g/mol. The molecule has 0 spiro atoms. The van der Waals surface area contributed by atoms with Crippen molar-refractivity contribution in [1.82, 2.24) is 20.1 Å². The van der Waals surface area contributed by atoms with Gasteiger partial charge in [0.1, 0.15) is 0 Å². The van der Waals surface area contributed by atoms with Gasteiger partial charge in [-0.1, -0.05) is 48.2 Å². The highest BCUT2D eigenvalue weighted by molar-refractivity contribution is 7.99. The molecule has 144 valence electrons. The summed E-state index contributed by atoms with van der Waals surface area (Å²) < 4.78 is 12.9. The topological polar surface area (TPSA) is 78.3 Å². The van der Waals surface area contributed by atoms with Crippen molar-refractivity contribution in [3.05, 3.63) is 54.1 Å². The lowest BCUT2D eigenvalue weighted by molar-refractivity contribution is -0.118. The normalized spacial score (nSPS) is 12.2. The second-order valence-electron chi connectivity index (χ2n) is 6.19. The van der Waals surface area contributed by atoms with Crippen LogP contribution in [0.15, 0.2) is 53.7 Å². The number of aromatic nitrogens is 3. The molecule has 1 aromatic heterocycles. The summed E-state index contributed by atoms with van der Waals surface area (Å²) in [4.78, 5) is 11.9. The minimum Gasteiger partial charge on any atom is -0.454 e. The van der Waals surface area contributed by atoms with Gasteiger partial charge in [0.05, 0.1) is 12.3 Å². The molecule has 1 N–H and O–H groups in total. The molecule has 4 rings (SSSR count). The minimum atomic E-state index is -0.0219. The number of carbonyl (C=O) groups is 1. The highest BCUT2D eigenvalue weighted by atomic mass is 32.2. The molecule has 28 heavy (non-hydrogen) atoms. The summed E-state index contributed by atoms with van der Waals surface area (Å²) in [6.45, 7) is 3.32. The third-order valence-corrected chi connectivity index (χ3v) is 5.20. The fourth-order valence-electron chi connectivity index (χ4n) is 2.94. The predicted octanol–water partition coefficient (Wildman–Crippen LogP) is 2.95. The number of thioether (sulfide) groups is 1. The highest BCUT2D eigenvalue weighted by Gasteiger charge is 2.18. The van der Waals surface area contributed by atoms with Gasteiger partial charge in [0.2, 0.25) is 12.7 Å². The highest BCUT2D eigenvalue weighted by Crippen LogP contribution is 2.33. The van der Waals surface area contributed by atoms with E-state index in [1.54, 1.807) is 0 Å². The zero-order valence-electron chi connectivity index (χ0n) is 15.4. The molecule has 3 aromatic rings. The molecule has 0 saturated heterocycles. The summed E-state index contributed by atoms with van der Waals surface area (Å²) in [6.07, 6.45) is 0. The van der Waals surface area contributed by atoms with Gasteiger partial charge in [0, 0.05) is 12.1 Å². The van der Waals surface area contributed by atoms with Crippen molar-refractivity contribution < 1.29 is 14.3 Å². The summed E-state index contributed by atoms with van der Waals surface area (Å²) in [7, 11) is 0. The summed E-state index contributed by atoms with van der Waals surface area (Å²) >= 11 is 1.38. The number of fused-ring (bicyclic) bond motifs is 1. The molecule has 0 fully saturated rings. The zero-order chi connectivity index (χ0) is 19.3. The second kappa shape index (κ2) is 8.35. The van der Waals surface area contributed by atoms with Gasteiger partial charge in [0.25, 0.3) is 0 Å². The van der Waals surface area contributed by atoms with Gasteiger partial charge in [-0.15, -0.1) is 10.2 Å². The Labute approximate surface area is 167 Å². The first kappa shape index (κ1) is 18.4. The quantitative estimate of drug-likeness (QED) is 0.619. The molecule has 7 nitrogen and oxygen atoms in total. The lowest BCUT2D eigenvalue weighted by Crippen LogP contribution is -2.24. The van der Waals surface area contributed by atoms with E-state index >= 15 is 0 Å². The fraction of sp³-hybridized carbons (Fsp3) is 0.250. The summed E-state index contributed by atoms with van der Waals surface area (Å²) in [5, 5.41) is 12.2. The summed E-state index contributed by atoms with van der Waals surface area (Å²) in [5.74, 6) is 2.52. The zero-order valence-corrected chi connectivity index (χ0v) is 16.2. The van der Waals surface area contributed by atoms with Crippen molar-refractivity contribution in [2.24, 2.45) is 0 Å². The molecule has 0 saturated carbocycles. The van der Waals surface area contributed by atoms with Crippen LogP contribution in [0.1, 0.15) is 12.5 Å². The molecule has 0 bridgehead atoms.